The third-order valence-electron chi connectivity index (χ3n) is 3.31. The molecule has 0 aliphatic carbocycles. The van der Waals surface area contributed by atoms with Gasteiger partial charge in [-0.05, 0) is 24.4 Å². The van der Waals surface area contributed by atoms with E-state index in [-0.39, 0.29) is 0 Å². The monoisotopic (exact) mass is 246 g/mol. The van der Waals surface area contributed by atoms with Gasteiger partial charge in [-0.1, -0.05) is 18.2 Å². The molecule has 2 heterocycles. The Labute approximate surface area is 106 Å². The Bertz CT molecular complexity index is 473. The molecule has 1 atom stereocenters. The second-order valence-electron chi connectivity index (χ2n) is 4.84. The summed E-state index contributed by atoms with van der Waals surface area (Å²) in [5, 5.41) is 4.87. The molecule has 1 saturated heterocycles. The number of benzene rings is 1. The van der Waals surface area contributed by atoms with Gasteiger partial charge in [-0.2, -0.15) is 0 Å². The molecular formula is C14H18N2S. The maximum Gasteiger partial charge on any atom is 0.0346 e. The predicted molar refractivity (Wildman–Crippen MR) is 74.6 cm³/mol. The van der Waals surface area contributed by atoms with Gasteiger partial charge in [0, 0.05) is 41.8 Å². The van der Waals surface area contributed by atoms with Crippen molar-refractivity contribution in [2.45, 2.75) is 19.5 Å². The summed E-state index contributed by atoms with van der Waals surface area (Å²) in [5.74, 6) is 0. The van der Waals surface area contributed by atoms with Crippen molar-refractivity contribution in [2.24, 2.45) is 0 Å². The minimum absolute atomic E-state index is 0.623. The van der Waals surface area contributed by atoms with Gasteiger partial charge in [0.25, 0.3) is 0 Å². The molecule has 2 aromatic rings. The molecule has 0 radical (unpaired) electrons. The van der Waals surface area contributed by atoms with Crippen LogP contribution in [-0.4, -0.2) is 30.6 Å². The summed E-state index contributed by atoms with van der Waals surface area (Å²) in [6.45, 7) is 6.81. The first-order chi connectivity index (χ1) is 8.31. The van der Waals surface area contributed by atoms with Crippen molar-refractivity contribution in [3.63, 3.8) is 0 Å². The van der Waals surface area contributed by atoms with E-state index in [1.165, 1.54) is 21.5 Å². The van der Waals surface area contributed by atoms with Crippen LogP contribution in [-0.2, 0) is 6.54 Å². The lowest BCUT2D eigenvalue weighted by molar-refractivity contribution is 0.201. The topological polar surface area (TPSA) is 15.3 Å². The van der Waals surface area contributed by atoms with Gasteiger partial charge in [-0.25, -0.2) is 0 Å². The van der Waals surface area contributed by atoms with Crippen molar-refractivity contribution >= 4 is 21.4 Å². The molecule has 90 valence electrons. The van der Waals surface area contributed by atoms with Crippen LogP contribution < -0.4 is 5.32 Å². The van der Waals surface area contributed by atoms with Crippen LogP contribution in [0.15, 0.2) is 30.3 Å². The van der Waals surface area contributed by atoms with E-state index in [1.807, 2.05) is 11.3 Å². The second kappa shape index (κ2) is 4.77. The molecule has 1 aromatic heterocycles. The number of nitrogens with one attached hydrogen (secondary N) is 1. The number of nitrogens with zero attached hydrogens (tertiary/aromatic N) is 1. The van der Waals surface area contributed by atoms with Gasteiger partial charge >= 0.3 is 0 Å². The highest BCUT2D eigenvalue weighted by atomic mass is 32.1. The first kappa shape index (κ1) is 11.2. The van der Waals surface area contributed by atoms with Crippen LogP contribution in [0.5, 0.6) is 0 Å². The molecule has 1 aliphatic heterocycles. The number of hydrogen-bond acceptors (Lipinski definition) is 3. The van der Waals surface area contributed by atoms with Crippen molar-refractivity contribution in [3.05, 3.63) is 35.2 Å². The Hall–Kier alpha value is -0.900. The van der Waals surface area contributed by atoms with Crippen LogP contribution in [0.25, 0.3) is 10.1 Å². The smallest absolute Gasteiger partial charge is 0.0346 e. The van der Waals surface area contributed by atoms with E-state index < -0.39 is 0 Å². The third kappa shape index (κ3) is 2.51. The van der Waals surface area contributed by atoms with Gasteiger partial charge in [0.2, 0.25) is 0 Å². The van der Waals surface area contributed by atoms with Gasteiger partial charge in [-0.15, -0.1) is 11.3 Å². The summed E-state index contributed by atoms with van der Waals surface area (Å²) >= 11 is 1.93. The van der Waals surface area contributed by atoms with Gasteiger partial charge in [0.1, 0.15) is 0 Å². The number of piperazine rings is 1. The van der Waals surface area contributed by atoms with E-state index in [4.69, 9.17) is 0 Å². The SMILES string of the molecule is CC1CN(Cc2cc3ccccc3s2)CCN1. The highest BCUT2D eigenvalue weighted by molar-refractivity contribution is 7.19. The zero-order chi connectivity index (χ0) is 11.7. The lowest BCUT2D eigenvalue weighted by atomic mass is 10.2. The molecule has 0 bridgehead atoms. The fraction of sp³-hybridized carbons (Fsp3) is 0.429. The van der Waals surface area contributed by atoms with Crippen molar-refractivity contribution in [1.82, 2.24) is 10.2 Å². The first-order valence-electron chi connectivity index (χ1n) is 6.24. The molecule has 0 amide bonds. The minimum Gasteiger partial charge on any atom is -0.312 e. The lowest BCUT2D eigenvalue weighted by Crippen LogP contribution is -2.48. The molecule has 1 aromatic carbocycles. The number of thiophene rings is 1. The zero-order valence-electron chi connectivity index (χ0n) is 10.1. The molecule has 2 nitrogen and oxygen atoms in total. The van der Waals surface area contributed by atoms with Gasteiger partial charge in [0.05, 0.1) is 0 Å². The average Bonchev–Trinajstić information content (AvgIpc) is 2.71. The lowest BCUT2D eigenvalue weighted by Gasteiger charge is -2.31. The summed E-state index contributed by atoms with van der Waals surface area (Å²) in [5.41, 5.74) is 0. The predicted octanol–water partition coefficient (Wildman–Crippen LogP) is 2.70. The Morgan fingerprint density at radius 2 is 2.29 bits per heavy atom. The highest BCUT2D eigenvalue weighted by Gasteiger charge is 2.16. The van der Waals surface area contributed by atoms with Crippen LogP contribution in [0.2, 0.25) is 0 Å². The van der Waals surface area contributed by atoms with E-state index >= 15 is 0 Å². The molecule has 1 N–H and O–H groups in total. The van der Waals surface area contributed by atoms with Gasteiger partial charge < -0.3 is 5.32 Å². The molecule has 0 saturated carbocycles. The van der Waals surface area contributed by atoms with Gasteiger partial charge in [-0.3, -0.25) is 4.90 Å². The highest BCUT2D eigenvalue weighted by Crippen LogP contribution is 2.26. The first-order valence-corrected chi connectivity index (χ1v) is 7.06. The van der Waals surface area contributed by atoms with Crippen molar-refractivity contribution < 1.29 is 0 Å². The summed E-state index contributed by atoms with van der Waals surface area (Å²) in [6, 6.07) is 11.6. The van der Waals surface area contributed by atoms with Crippen LogP contribution in [0.1, 0.15) is 11.8 Å². The molecule has 3 rings (SSSR count). The molecule has 0 spiro atoms. The van der Waals surface area contributed by atoms with E-state index in [1.54, 1.807) is 0 Å². The molecular weight excluding hydrogens is 228 g/mol. The maximum atomic E-state index is 3.49. The quantitative estimate of drug-likeness (QED) is 0.876. The molecule has 17 heavy (non-hydrogen) atoms. The minimum atomic E-state index is 0.623. The summed E-state index contributed by atoms with van der Waals surface area (Å²) in [7, 11) is 0. The van der Waals surface area contributed by atoms with E-state index in [0.29, 0.717) is 6.04 Å². The number of hydrogen-bond donors (Lipinski definition) is 1. The van der Waals surface area contributed by atoms with E-state index in [2.05, 4.69) is 47.5 Å². The normalized spacial score (nSPS) is 22.1. The Balaban J connectivity index is 1.75. The largest absolute Gasteiger partial charge is 0.312 e. The van der Waals surface area contributed by atoms with Crippen molar-refractivity contribution in [1.29, 1.82) is 0 Å². The fourth-order valence-electron chi connectivity index (χ4n) is 2.49. The fourth-order valence-corrected chi connectivity index (χ4v) is 3.60. The Morgan fingerprint density at radius 1 is 1.41 bits per heavy atom. The second-order valence-corrected chi connectivity index (χ2v) is 6.01. The average molecular weight is 246 g/mol. The standard InChI is InChI=1S/C14H18N2S/c1-11-9-16(7-6-15-11)10-13-8-12-4-2-3-5-14(12)17-13/h2-5,8,11,15H,6-7,9-10H2,1H3. The third-order valence-corrected chi connectivity index (χ3v) is 4.41. The van der Waals surface area contributed by atoms with Crippen LogP contribution in [0.4, 0.5) is 0 Å². The molecule has 1 aliphatic rings. The summed E-state index contributed by atoms with van der Waals surface area (Å²) in [4.78, 5) is 4.03. The van der Waals surface area contributed by atoms with Crippen molar-refractivity contribution in [2.75, 3.05) is 19.6 Å². The van der Waals surface area contributed by atoms with E-state index in [9.17, 15) is 0 Å². The van der Waals surface area contributed by atoms with Gasteiger partial charge in [0.15, 0.2) is 0 Å². The zero-order valence-corrected chi connectivity index (χ0v) is 11.0. The maximum absolute atomic E-state index is 3.49. The van der Waals surface area contributed by atoms with Crippen LogP contribution >= 0.6 is 11.3 Å². The molecule has 1 fully saturated rings. The molecule has 1 unspecified atom stereocenters. The van der Waals surface area contributed by atoms with Crippen molar-refractivity contribution in [3.8, 4) is 0 Å². The molecule has 3 heteroatoms. The van der Waals surface area contributed by atoms with Crippen LogP contribution in [0.3, 0.4) is 0 Å². The number of rotatable bonds is 2. The summed E-state index contributed by atoms with van der Waals surface area (Å²) in [6.07, 6.45) is 0. The Kier molecular flexibility index (Phi) is 3.14. The van der Waals surface area contributed by atoms with E-state index in [0.717, 1.165) is 19.6 Å². The Morgan fingerprint density at radius 3 is 3.12 bits per heavy atom. The summed E-state index contributed by atoms with van der Waals surface area (Å²) < 4.78 is 1.41. The number of fused-ring (bicyclic) bond motifs is 1. The van der Waals surface area contributed by atoms with Crippen LogP contribution in [0, 0.1) is 0 Å².